The normalized spacial score (nSPS) is 12.0. The van der Waals surface area contributed by atoms with Crippen molar-refractivity contribution in [3.63, 3.8) is 0 Å². The molecule has 0 aliphatic heterocycles. The average Bonchev–Trinajstić information content (AvgIpc) is 2.60. The van der Waals surface area contributed by atoms with E-state index in [-0.39, 0.29) is 5.91 Å². The Kier molecular flexibility index (Phi) is 7.21. The van der Waals surface area contributed by atoms with E-state index in [2.05, 4.69) is 10.6 Å². The lowest BCUT2D eigenvalue weighted by Gasteiger charge is -2.17. The van der Waals surface area contributed by atoms with Crippen molar-refractivity contribution < 1.29 is 13.6 Å². The van der Waals surface area contributed by atoms with Gasteiger partial charge in [0.2, 0.25) is 5.91 Å². The molecule has 2 aromatic rings. The number of carbonyl (C=O) groups is 1. The number of nitrogens with one attached hydrogen (secondary N) is 2. The van der Waals surface area contributed by atoms with Gasteiger partial charge in [-0.25, -0.2) is 8.78 Å². The van der Waals surface area contributed by atoms with Crippen LogP contribution in [-0.2, 0) is 4.79 Å². The van der Waals surface area contributed by atoms with E-state index in [9.17, 15) is 13.6 Å². The van der Waals surface area contributed by atoms with Gasteiger partial charge in [-0.05, 0) is 43.8 Å². The van der Waals surface area contributed by atoms with Gasteiger partial charge in [0.25, 0.3) is 0 Å². The van der Waals surface area contributed by atoms with E-state index in [0.717, 1.165) is 30.7 Å². The number of hydrogen-bond acceptors (Lipinski definition) is 3. The number of benzene rings is 2. The Morgan fingerprint density at radius 3 is 2.50 bits per heavy atom. The standard InChI is InChI=1S/C18H20F2N2OS/c1-21-10-5-11-22-18(23)17(13-6-3-2-4-7-13)24-14-8-9-15(19)16(20)12-14/h2-4,6-9,12,17,21H,5,10-11H2,1H3,(H,22,23). The molecular formula is C18H20F2N2OS. The van der Waals surface area contributed by atoms with Crippen molar-refractivity contribution in [2.45, 2.75) is 16.6 Å². The van der Waals surface area contributed by atoms with E-state index < -0.39 is 16.9 Å². The second-order valence-corrected chi connectivity index (χ2v) is 6.41. The lowest BCUT2D eigenvalue weighted by Crippen LogP contribution is -2.30. The van der Waals surface area contributed by atoms with Crippen molar-refractivity contribution in [2.24, 2.45) is 0 Å². The molecule has 0 radical (unpaired) electrons. The smallest absolute Gasteiger partial charge is 0.237 e. The van der Waals surface area contributed by atoms with Crippen LogP contribution in [0.5, 0.6) is 0 Å². The van der Waals surface area contributed by atoms with Crippen LogP contribution in [0.4, 0.5) is 8.78 Å². The zero-order valence-corrected chi connectivity index (χ0v) is 14.2. The number of thioether (sulfide) groups is 1. The fourth-order valence-electron chi connectivity index (χ4n) is 2.16. The van der Waals surface area contributed by atoms with Gasteiger partial charge < -0.3 is 10.6 Å². The van der Waals surface area contributed by atoms with E-state index in [1.165, 1.54) is 17.8 Å². The van der Waals surface area contributed by atoms with Crippen molar-refractivity contribution in [3.05, 3.63) is 65.7 Å². The molecule has 0 aliphatic rings. The quantitative estimate of drug-likeness (QED) is 0.565. The first-order valence-corrected chi connectivity index (χ1v) is 8.58. The van der Waals surface area contributed by atoms with Crippen LogP contribution in [-0.4, -0.2) is 26.0 Å². The molecule has 0 aromatic heterocycles. The summed E-state index contributed by atoms with van der Waals surface area (Å²) in [7, 11) is 1.85. The fourth-order valence-corrected chi connectivity index (χ4v) is 3.23. The van der Waals surface area contributed by atoms with Crippen LogP contribution in [0.25, 0.3) is 0 Å². The average molecular weight is 350 g/mol. The highest BCUT2D eigenvalue weighted by Gasteiger charge is 2.22. The van der Waals surface area contributed by atoms with Crippen LogP contribution in [0.3, 0.4) is 0 Å². The summed E-state index contributed by atoms with van der Waals surface area (Å²) in [6.07, 6.45) is 0.819. The summed E-state index contributed by atoms with van der Waals surface area (Å²) in [6.45, 7) is 1.37. The third kappa shape index (κ3) is 5.32. The van der Waals surface area contributed by atoms with Crippen molar-refractivity contribution in [1.82, 2.24) is 10.6 Å². The first-order chi connectivity index (χ1) is 11.6. The highest BCUT2D eigenvalue weighted by Crippen LogP contribution is 2.35. The molecule has 1 unspecified atom stereocenters. The fraction of sp³-hybridized carbons (Fsp3) is 0.278. The van der Waals surface area contributed by atoms with Gasteiger partial charge in [0.15, 0.2) is 11.6 Å². The van der Waals surface area contributed by atoms with Crippen LogP contribution >= 0.6 is 11.8 Å². The number of halogens is 2. The molecule has 0 spiro atoms. The molecule has 2 aromatic carbocycles. The van der Waals surface area contributed by atoms with E-state index >= 15 is 0 Å². The van der Waals surface area contributed by atoms with Gasteiger partial charge in [-0.15, -0.1) is 11.8 Å². The summed E-state index contributed by atoms with van der Waals surface area (Å²) in [4.78, 5) is 13.1. The summed E-state index contributed by atoms with van der Waals surface area (Å²) >= 11 is 1.20. The molecule has 2 rings (SSSR count). The molecule has 1 amide bonds. The molecule has 128 valence electrons. The molecular weight excluding hydrogens is 330 g/mol. The summed E-state index contributed by atoms with van der Waals surface area (Å²) in [5, 5.41) is 5.39. The summed E-state index contributed by atoms with van der Waals surface area (Å²) < 4.78 is 26.5. The molecule has 3 nitrogen and oxygen atoms in total. The zero-order chi connectivity index (χ0) is 17.4. The number of rotatable bonds is 8. The Labute approximate surface area is 144 Å². The maximum Gasteiger partial charge on any atom is 0.237 e. The third-order valence-electron chi connectivity index (χ3n) is 3.39. The van der Waals surface area contributed by atoms with E-state index in [4.69, 9.17) is 0 Å². The SMILES string of the molecule is CNCCCNC(=O)C(Sc1ccc(F)c(F)c1)c1ccccc1. The minimum Gasteiger partial charge on any atom is -0.355 e. The van der Waals surface area contributed by atoms with Crippen molar-refractivity contribution >= 4 is 17.7 Å². The Morgan fingerprint density at radius 2 is 1.83 bits per heavy atom. The van der Waals surface area contributed by atoms with E-state index in [0.29, 0.717) is 11.4 Å². The summed E-state index contributed by atoms with van der Waals surface area (Å²) in [6, 6.07) is 12.9. The predicted octanol–water partition coefficient (Wildman–Crippen LogP) is 3.52. The van der Waals surface area contributed by atoms with Crippen LogP contribution in [0.1, 0.15) is 17.2 Å². The highest BCUT2D eigenvalue weighted by atomic mass is 32.2. The molecule has 0 bridgehead atoms. The van der Waals surface area contributed by atoms with Gasteiger partial charge in [-0.1, -0.05) is 30.3 Å². The van der Waals surface area contributed by atoms with Crippen LogP contribution in [0.2, 0.25) is 0 Å². The monoisotopic (exact) mass is 350 g/mol. The number of carbonyl (C=O) groups excluding carboxylic acids is 1. The molecule has 6 heteroatoms. The first-order valence-electron chi connectivity index (χ1n) is 7.71. The van der Waals surface area contributed by atoms with Gasteiger partial charge in [0.05, 0.1) is 0 Å². The van der Waals surface area contributed by atoms with Crippen molar-refractivity contribution in [3.8, 4) is 0 Å². The molecule has 24 heavy (non-hydrogen) atoms. The number of hydrogen-bond donors (Lipinski definition) is 2. The van der Waals surface area contributed by atoms with Crippen LogP contribution in [0.15, 0.2) is 53.4 Å². The number of amides is 1. The topological polar surface area (TPSA) is 41.1 Å². The molecule has 0 saturated heterocycles. The molecule has 0 fully saturated rings. The first kappa shape index (κ1) is 18.4. The Morgan fingerprint density at radius 1 is 1.08 bits per heavy atom. The van der Waals surface area contributed by atoms with Gasteiger partial charge >= 0.3 is 0 Å². The Balaban J connectivity index is 2.13. The predicted molar refractivity (Wildman–Crippen MR) is 93.0 cm³/mol. The van der Waals surface area contributed by atoms with E-state index in [1.807, 2.05) is 37.4 Å². The van der Waals surface area contributed by atoms with Gasteiger partial charge in [0.1, 0.15) is 5.25 Å². The lowest BCUT2D eigenvalue weighted by atomic mass is 10.1. The van der Waals surface area contributed by atoms with Crippen LogP contribution < -0.4 is 10.6 Å². The lowest BCUT2D eigenvalue weighted by molar-refractivity contribution is -0.120. The van der Waals surface area contributed by atoms with Crippen molar-refractivity contribution in [1.29, 1.82) is 0 Å². The summed E-state index contributed by atoms with van der Waals surface area (Å²) in [5.74, 6) is -1.96. The summed E-state index contributed by atoms with van der Waals surface area (Å²) in [5.41, 5.74) is 0.818. The third-order valence-corrected chi connectivity index (χ3v) is 4.64. The Bertz CT molecular complexity index is 667. The molecule has 0 aliphatic carbocycles. The largest absolute Gasteiger partial charge is 0.355 e. The van der Waals surface area contributed by atoms with Crippen LogP contribution in [0, 0.1) is 11.6 Å². The van der Waals surface area contributed by atoms with Crippen molar-refractivity contribution in [2.75, 3.05) is 20.1 Å². The maximum absolute atomic E-state index is 13.4. The van der Waals surface area contributed by atoms with Gasteiger partial charge in [-0.3, -0.25) is 4.79 Å². The minimum atomic E-state index is -0.916. The minimum absolute atomic E-state index is 0.146. The molecule has 1 atom stereocenters. The highest BCUT2D eigenvalue weighted by molar-refractivity contribution is 8.00. The maximum atomic E-state index is 13.4. The molecule has 2 N–H and O–H groups in total. The molecule has 0 heterocycles. The second-order valence-electron chi connectivity index (χ2n) is 5.23. The second kappa shape index (κ2) is 9.39. The molecule has 0 saturated carbocycles. The van der Waals surface area contributed by atoms with Gasteiger partial charge in [0, 0.05) is 11.4 Å². The van der Waals surface area contributed by atoms with E-state index in [1.54, 1.807) is 0 Å². The Hall–Kier alpha value is -1.92. The van der Waals surface area contributed by atoms with Gasteiger partial charge in [-0.2, -0.15) is 0 Å². The zero-order valence-electron chi connectivity index (χ0n) is 13.4.